The molecule has 1 aromatic rings. The first-order valence-corrected chi connectivity index (χ1v) is 7.51. The molecule has 0 unspecified atom stereocenters. The number of hydrogen-bond acceptors (Lipinski definition) is 4. The highest BCUT2D eigenvalue weighted by Gasteiger charge is 2.08. The number of anilines is 2. The average molecular weight is 286 g/mol. The Morgan fingerprint density at radius 1 is 1.21 bits per heavy atom. The third-order valence-electron chi connectivity index (χ3n) is 2.19. The molecule has 0 aliphatic carbocycles. The predicted octanol–water partition coefficient (Wildman–Crippen LogP) is 1.42. The van der Waals surface area contributed by atoms with E-state index in [9.17, 15) is 13.2 Å². The van der Waals surface area contributed by atoms with E-state index in [-0.39, 0.29) is 18.3 Å². The topological polar surface area (TPSA) is 84.5 Å². The van der Waals surface area contributed by atoms with Crippen molar-refractivity contribution in [3.63, 3.8) is 0 Å². The molecule has 7 heteroatoms. The highest BCUT2D eigenvalue weighted by atomic mass is 32.2. The fourth-order valence-electron chi connectivity index (χ4n) is 1.45. The summed E-state index contributed by atoms with van der Waals surface area (Å²) in [6, 6.07) is 6.43. The van der Waals surface area contributed by atoms with Crippen molar-refractivity contribution in [2.75, 3.05) is 29.5 Å². The number of carbonyl (C=O) groups excluding carboxylic acids is 1. The molecule has 2 N–H and O–H groups in total. The van der Waals surface area contributed by atoms with Crippen LogP contribution in [0.25, 0.3) is 0 Å². The van der Waals surface area contributed by atoms with Crippen LogP contribution in [0.5, 0.6) is 0 Å². The van der Waals surface area contributed by atoms with E-state index in [2.05, 4.69) is 14.8 Å². The minimum absolute atomic E-state index is 0.0229. The molecular weight excluding hydrogens is 268 g/mol. The fraction of sp³-hybridized carbons (Fsp3) is 0.417. The van der Waals surface area contributed by atoms with Gasteiger partial charge in [0, 0.05) is 18.5 Å². The van der Waals surface area contributed by atoms with Gasteiger partial charge in [0.15, 0.2) is 0 Å². The summed E-state index contributed by atoms with van der Waals surface area (Å²) in [6.07, 6.45) is 0.556. The Labute approximate surface area is 113 Å². The van der Waals surface area contributed by atoms with Crippen LogP contribution in [0.15, 0.2) is 24.3 Å². The molecule has 0 fully saturated rings. The highest BCUT2D eigenvalue weighted by Crippen LogP contribution is 2.15. The fourth-order valence-corrected chi connectivity index (χ4v) is 2.58. The van der Waals surface area contributed by atoms with E-state index in [0.717, 1.165) is 0 Å². The van der Waals surface area contributed by atoms with Crippen LogP contribution >= 0.6 is 0 Å². The minimum atomic E-state index is -3.29. The van der Waals surface area contributed by atoms with Crippen molar-refractivity contribution in [3.8, 4) is 0 Å². The molecule has 0 radical (unpaired) electrons. The normalized spacial score (nSPS) is 11.1. The number of sulfonamides is 1. The van der Waals surface area contributed by atoms with Crippen LogP contribution < -0.4 is 10.0 Å². The number of carbonyl (C=O) groups is 1. The molecule has 0 saturated carbocycles. The van der Waals surface area contributed by atoms with E-state index >= 15 is 0 Å². The van der Waals surface area contributed by atoms with Gasteiger partial charge in [-0.25, -0.2) is 8.42 Å². The van der Waals surface area contributed by atoms with E-state index in [1.807, 2.05) is 0 Å². The molecule has 1 rings (SSSR count). The van der Waals surface area contributed by atoms with Crippen molar-refractivity contribution >= 4 is 27.3 Å². The zero-order valence-corrected chi connectivity index (χ0v) is 11.8. The van der Waals surface area contributed by atoms with Crippen LogP contribution in [0.1, 0.15) is 13.3 Å². The van der Waals surface area contributed by atoms with Gasteiger partial charge in [-0.2, -0.15) is 0 Å². The van der Waals surface area contributed by atoms with Gasteiger partial charge >= 0.3 is 0 Å². The smallest absolute Gasteiger partial charge is 0.250 e. The number of rotatable bonds is 7. The maximum absolute atomic E-state index is 11.6. The third-order valence-corrected chi connectivity index (χ3v) is 3.68. The van der Waals surface area contributed by atoms with Crippen molar-refractivity contribution in [1.29, 1.82) is 0 Å². The zero-order chi connectivity index (χ0) is 14.3. The van der Waals surface area contributed by atoms with Crippen LogP contribution in [0, 0.1) is 0 Å². The lowest BCUT2D eigenvalue weighted by molar-refractivity contribution is -0.119. The third kappa shape index (κ3) is 5.71. The summed E-state index contributed by atoms with van der Waals surface area (Å²) in [6.45, 7) is 1.78. The van der Waals surface area contributed by atoms with Gasteiger partial charge in [0.05, 0.1) is 5.75 Å². The lowest BCUT2D eigenvalue weighted by Gasteiger charge is -2.08. The van der Waals surface area contributed by atoms with Gasteiger partial charge in [0.1, 0.15) is 6.61 Å². The Kier molecular flexibility index (Phi) is 5.78. The van der Waals surface area contributed by atoms with Crippen molar-refractivity contribution in [1.82, 2.24) is 0 Å². The van der Waals surface area contributed by atoms with Crippen LogP contribution in [0.2, 0.25) is 0 Å². The van der Waals surface area contributed by atoms with Gasteiger partial charge in [0.2, 0.25) is 15.9 Å². The molecule has 0 aromatic heterocycles. The Hall–Kier alpha value is -1.60. The van der Waals surface area contributed by atoms with Gasteiger partial charge in [-0.05, 0) is 30.7 Å². The molecule has 0 bridgehead atoms. The molecular formula is C12H18N2O4S. The molecule has 0 atom stereocenters. The SMILES string of the molecule is CCCS(=O)(=O)Nc1ccc(NC(=O)COC)cc1. The summed E-state index contributed by atoms with van der Waals surface area (Å²) >= 11 is 0. The van der Waals surface area contributed by atoms with Gasteiger partial charge < -0.3 is 10.1 Å². The van der Waals surface area contributed by atoms with Crippen molar-refractivity contribution in [2.45, 2.75) is 13.3 Å². The number of ether oxygens (including phenoxy) is 1. The van der Waals surface area contributed by atoms with E-state index in [1.54, 1.807) is 31.2 Å². The monoisotopic (exact) mass is 286 g/mol. The molecule has 0 saturated heterocycles. The second-order valence-corrected chi connectivity index (χ2v) is 5.82. The second-order valence-electron chi connectivity index (χ2n) is 3.98. The largest absolute Gasteiger partial charge is 0.375 e. The maximum atomic E-state index is 11.6. The molecule has 1 amide bonds. The summed E-state index contributed by atoms with van der Waals surface area (Å²) in [7, 11) is -1.85. The highest BCUT2D eigenvalue weighted by molar-refractivity contribution is 7.92. The number of nitrogens with one attached hydrogen (secondary N) is 2. The zero-order valence-electron chi connectivity index (χ0n) is 11.0. The maximum Gasteiger partial charge on any atom is 0.250 e. The van der Waals surface area contributed by atoms with Crippen molar-refractivity contribution in [3.05, 3.63) is 24.3 Å². The lowest BCUT2D eigenvalue weighted by atomic mass is 10.3. The quantitative estimate of drug-likeness (QED) is 0.794. The number of methoxy groups -OCH3 is 1. The van der Waals surface area contributed by atoms with Crippen molar-refractivity contribution in [2.24, 2.45) is 0 Å². The average Bonchev–Trinajstić information content (AvgIpc) is 2.31. The number of benzene rings is 1. The first-order chi connectivity index (χ1) is 8.96. The Morgan fingerprint density at radius 3 is 2.32 bits per heavy atom. The molecule has 6 nitrogen and oxygen atoms in total. The standard InChI is InChI=1S/C12H18N2O4S/c1-3-8-19(16,17)14-11-6-4-10(5-7-11)13-12(15)9-18-2/h4-7,14H,3,8-9H2,1-2H3,(H,13,15). The van der Waals surface area contributed by atoms with Crippen molar-refractivity contribution < 1.29 is 17.9 Å². The molecule has 1 aromatic carbocycles. The van der Waals surface area contributed by atoms with Gasteiger partial charge in [0.25, 0.3) is 0 Å². The summed E-state index contributed by atoms with van der Waals surface area (Å²) in [5.41, 5.74) is 1.05. The molecule has 0 aliphatic heterocycles. The Morgan fingerprint density at radius 2 is 1.79 bits per heavy atom. The second kappa shape index (κ2) is 7.10. The number of hydrogen-bond donors (Lipinski definition) is 2. The summed E-state index contributed by atoms with van der Waals surface area (Å²) in [4.78, 5) is 11.3. The molecule has 106 valence electrons. The van der Waals surface area contributed by atoms with E-state index in [0.29, 0.717) is 17.8 Å². The van der Waals surface area contributed by atoms with Gasteiger partial charge in [-0.3, -0.25) is 9.52 Å². The van der Waals surface area contributed by atoms with E-state index < -0.39 is 10.0 Å². The molecule has 0 aliphatic rings. The minimum Gasteiger partial charge on any atom is -0.375 e. The Balaban J connectivity index is 2.64. The summed E-state index contributed by atoms with van der Waals surface area (Å²) in [5, 5.41) is 2.62. The molecule has 0 heterocycles. The van der Waals surface area contributed by atoms with Gasteiger partial charge in [-0.1, -0.05) is 6.92 Å². The van der Waals surface area contributed by atoms with Crippen LogP contribution in [-0.2, 0) is 19.6 Å². The number of amides is 1. The molecule has 0 spiro atoms. The van der Waals surface area contributed by atoms with Crippen LogP contribution in [0.4, 0.5) is 11.4 Å². The van der Waals surface area contributed by atoms with Crippen LogP contribution in [0.3, 0.4) is 0 Å². The first-order valence-electron chi connectivity index (χ1n) is 5.86. The lowest BCUT2D eigenvalue weighted by Crippen LogP contribution is -2.17. The first kappa shape index (κ1) is 15.5. The van der Waals surface area contributed by atoms with Gasteiger partial charge in [-0.15, -0.1) is 0 Å². The van der Waals surface area contributed by atoms with E-state index in [1.165, 1.54) is 7.11 Å². The summed E-state index contributed by atoms with van der Waals surface area (Å²) in [5.74, 6) is -0.180. The predicted molar refractivity (Wildman–Crippen MR) is 74.6 cm³/mol. The van der Waals surface area contributed by atoms with Crippen LogP contribution in [-0.4, -0.2) is 33.8 Å². The molecule has 19 heavy (non-hydrogen) atoms. The van der Waals surface area contributed by atoms with E-state index in [4.69, 9.17) is 0 Å². The summed E-state index contributed by atoms with van der Waals surface area (Å²) < 4.78 is 30.2. The Bertz CT molecular complexity index is 511.